The highest BCUT2D eigenvalue weighted by molar-refractivity contribution is 5.96. The van der Waals surface area contributed by atoms with E-state index in [1.54, 1.807) is 0 Å². The van der Waals surface area contributed by atoms with Crippen LogP contribution in [0.2, 0.25) is 0 Å². The van der Waals surface area contributed by atoms with Crippen molar-refractivity contribution in [1.29, 1.82) is 0 Å². The van der Waals surface area contributed by atoms with Crippen molar-refractivity contribution in [3.05, 3.63) is 0 Å². The number of piperazine rings is 1. The van der Waals surface area contributed by atoms with Crippen molar-refractivity contribution in [2.24, 2.45) is 5.92 Å². The number of hydrogen-bond acceptors (Lipinski definition) is 4. The van der Waals surface area contributed by atoms with Gasteiger partial charge < -0.3 is 10.2 Å². The first-order valence-corrected chi connectivity index (χ1v) is 9.69. The lowest BCUT2D eigenvalue weighted by molar-refractivity contribution is -0.135. The van der Waals surface area contributed by atoms with Gasteiger partial charge in [0.25, 0.3) is 0 Å². The molecule has 3 aliphatic rings. The van der Waals surface area contributed by atoms with Gasteiger partial charge in [0, 0.05) is 38.1 Å². The second-order valence-corrected chi connectivity index (χ2v) is 7.61. The molecule has 0 spiro atoms. The van der Waals surface area contributed by atoms with Crippen molar-refractivity contribution in [3.63, 3.8) is 0 Å². The smallest absolute Gasteiger partial charge is 0.321 e. The van der Waals surface area contributed by atoms with Crippen LogP contribution in [0, 0.1) is 5.92 Å². The van der Waals surface area contributed by atoms with E-state index in [0.717, 1.165) is 38.5 Å². The van der Waals surface area contributed by atoms with Crippen LogP contribution in [-0.4, -0.2) is 65.9 Å². The summed E-state index contributed by atoms with van der Waals surface area (Å²) >= 11 is 0. The maximum Gasteiger partial charge on any atom is 0.321 e. The van der Waals surface area contributed by atoms with E-state index in [4.69, 9.17) is 0 Å². The van der Waals surface area contributed by atoms with E-state index in [2.05, 4.69) is 10.6 Å². The molecule has 2 aliphatic carbocycles. The minimum Gasteiger partial charge on any atom is -0.340 e. The fourth-order valence-corrected chi connectivity index (χ4v) is 3.77. The third-order valence-corrected chi connectivity index (χ3v) is 5.66. The molecule has 3 rings (SSSR count). The van der Waals surface area contributed by atoms with Gasteiger partial charge in [-0.2, -0.15) is 0 Å². The van der Waals surface area contributed by atoms with Gasteiger partial charge in [0.15, 0.2) is 0 Å². The number of nitrogens with one attached hydrogen (secondary N) is 2. The molecular weight excluding hydrogens is 320 g/mol. The molecule has 0 bridgehead atoms. The minimum absolute atomic E-state index is 0.189. The topological polar surface area (TPSA) is 81.8 Å². The number of hydrogen-bond donors (Lipinski definition) is 2. The van der Waals surface area contributed by atoms with Gasteiger partial charge in [-0.25, -0.2) is 4.79 Å². The van der Waals surface area contributed by atoms with Crippen molar-refractivity contribution in [2.45, 2.75) is 64.0 Å². The molecule has 25 heavy (non-hydrogen) atoms. The molecule has 0 radical (unpaired) electrons. The van der Waals surface area contributed by atoms with Gasteiger partial charge in [0.2, 0.25) is 11.8 Å². The molecule has 0 unspecified atom stereocenters. The largest absolute Gasteiger partial charge is 0.340 e. The van der Waals surface area contributed by atoms with Crippen LogP contribution in [-0.2, 0) is 9.59 Å². The predicted molar refractivity (Wildman–Crippen MR) is 93.9 cm³/mol. The van der Waals surface area contributed by atoms with Crippen molar-refractivity contribution in [3.8, 4) is 0 Å². The summed E-state index contributed by atoms with van der Waals surface area (Å²) in [4.78, 5) is 40.4. The second-order valence-electron chi connectivity index (χ2n) is 7.61. The fourth-order valence-electron chi connectivity index (χ4n) is 3.77. The zero-order valence-corrected chi connectivity index (χ0v) is 15.1. The summed E-state index contributed by atoms with van der Waals surface area (Å²) in [5.74, 6) is 0.245. The molecule has 1 aliphatic heterocycles. The lowest BCUT2D eigenvalue weighted by atomic mass is 9.96. The zero-order valence-electron chi connectivity index (χ0n) is 15.1. The van der Waals surface area contributed by atoms with Gasteiger partial charge in [-0.15, -0.1) is 0 Å². The predicted octanol–water partition coefficient (Wildman–Crippen LogP) is 1.09. The number of nitrogens with zero attached hydrogens (tertiary/aromatic N) is 2. The Morgan fingerprint density at radius 3 is 2.16 bits per heavy atom. The van der Waals surface area contributed by atoms with Crippen LogP contribution in [0.25, 0.3) is 0 Å². The Balaban J connectivity index is 1.39. The molecule has 2 N–H and O–H groups in total. The molecule has 140 valence electrons. The van der Waals surface area contributed by atoms with Crippen LogP contribution in [0.15, 0.2) is 0 Å². The summed E-state index contributed by atoms with van der Waals surface area (Å²) in [6.45, 7) is 4.51. The van der Waals surface area contributed by atoms with Crippen molar-refractivity contribution in [1.82, 2.24) is 20.4 Å². The van der Waals surface area contributed by atoms with Gasteiger partial charge in [-0.05, 0) is 32.6 Å². The zero-order chi connectivity index (χ0) is 17.8. The molecule has 0 aromatic carbocycles. The Morgan fingerprint density at radius 1 is 0.920 bits per heavy atom. The van der Waals surface area contributed by atoms with Crippen molar-refractivity contribution in [2.75, 3.05) is 26.2 Å². The maximum absolute atomic E-state index is 12.3. The SMILES string of the molecule is C[C@H](C(=O)NC(=O)NC1CCCCC1)N1CCN(C(=O)C2CC2)CC1. The van der Waals surface area contributed by atoms with Crippen molar-refractivity contribution >= 4 is 17.8 Å². The average Bonchev–Trinajstić information content (AvgIpc) is 3.46. The van der Waals surface area contributed by atoms with Crippen LogP contribution in [0.5, 0.6) is 0 Å². The normalized spacial score (nSPS) is 23.8. The summed E-state index contributed by atoms with van der Waals surface area (Å²) in [7, 11) is 0. The molecule has 4 amide bonds. The van der Waals surface area contributed by atoms with Gasteiger partial charge in [0.1, 0.15) is 0 Å². The Hall–Kier alpha value is -1.63. The van der Waals surface area contributed by atoms with E-state index in [9.17, 15) is 14.4 Å². The molecule has 0 aromatic heterocycles. The molecule has 7 heteroatoms. The number of imide groups is 1. The molecular formula is C18H30N4O3. The molecule has 2 saturated carbocycles. The summed E-state index contributed by atoms with van der Waals surface area (Å²) in [6.07, 6.45) is 7.54. The Bertz CT molecular complexity index is 506. The number of carbonyl (C=O) groups is 3. The summed E-state index contributed by atoms with van der Waals surface area (Å²) < 4.78 is 0. The average molecular weight is 350 g/mol. The molecule has 3 fully saturated rings. The summed E-state index contributed by atoms with van der Waals surface area (Å²) in [5.41, 5.74) is 0. The summed E-state index contributed by atoms with van der Waals surface area (Å²) in [5, 5.41) is 5.38. The van der Waals surface area contributed by atoms with E-state index in [1.807, 2.05) is 16.7 Å². The van der Waals surface area contributed by atoms with E-state index < -0.39 is 0 Å². The highest BCUT2D eigenvalue weighted by Crippen LogP contribution is 2.31. The number of urea groups is 1. The number of carbonyl (C=O) groups excluding carboxylic acids is 3. The van der Waals surface area contributed by atoms with E-state index in [-0.39, 0.29) is 35.8 Å². The second kappa shape index (κ2) is 8.17. The van der Waals surface area contributed by atoms with Crippen LogP contribution < -0.4 is 10.6 Å². The molecule has 7 nitrogen and oxygen atoms in total. The summed E-state index contributed by atoms with van der Waals surface area (Å²) in [6, 6.07) is -0.560. The first-order chi connectivity index (χ1) is 12.0. The molecule has 1 saturated heterocycles. The Kier molecular flexibility index (Phi) is 5.93. The standard InChI is InChI=1S/C18H30N4O3/c1-13(16(23)20-18(25)19-15-5-3-2-4-6-15)21-9-11-22(12-10-21)17(24)14-7-8-14/h13-15H,2-12H2,1H3,(H2,19,20,23,25)/t13-/m1/s1. The molecule has 1 atom stereocenters. The van der Waals surface area contributed by atoms with Crippen molar-refractivity contribution < 1.29 is 14.4 Å². The van der Waals surface area contributed by atoms with Gasteiger partial charge >= 0.3 is 6.03 Å². The van der Waals surface area contributed by atoms with Crippen LogP contribution >= 0.6 is 0 Å². The first kappa shape index (κ1) is 18.2. The minimum atomic E-state index is -0.383. The van der Waals surface area contributed by atoms with Crippen LogP contribution in [0.4, 0.5) is 4.79 Å². The Morgan fingerprint density at radius 2 is 1.56 bits per heavy atom. The van der Waals surface area contributed by atoms with Crippen LogP contribution in [0.1, 0.15) is 51.9 Å². The molecule has 1 heterocycles. The highest BCUT2D eigenvalue weighted by atomic mass is 16.2. The van der Waals surface area contributed by atoms with Crippen LogP contribution in [0.3, 0.4) is 0 Å². The van der Waals surface area contributed by atoms with Gasteiger partial charge in [-0.3, -0.25) is 19.8 Å². The monoisotopic (exact) mass is 350 g/mol. The lowest BCUT2D eigenvalue weighted by Crippen LogP contribution is -2.57. The van der Waals surface area contributed by atoms with Gasteiger partial charge in [0.05, 0.1) is 6.04 Å². The fraction of sp³-hybridized carbons (Fsp3) is 0.833. The lowest BCUT2D eigenvalue weighted by Gasteiger charge is -2.37. The van der Waals surface area contributed by atoms with E-state index in [0.29, 0.717) is 26.2 Å². The third-order valence-electron chi connectivity index (χ3n) is 5.66. The van der Waals surface area contributed by atoms with E-state index >= 15 is 0 Å². The highest BCUT2D eigenvalue weighted by Gasteiger charge is 2.35. The third kappa shape index (κ3) is 4.93. The molecule has 0 aromatic rings. The number of amides is 4. The first-order valence-electron chi connectivity index (χ1n) is 9.69. The number of rotatable bonds is 4. The van der Waals surface area contributed by atoms with Gasteiger partial charge in [-0.1, -0.05) is 19.3 Å². The Labute approximate surface area is 149 Å². The van der Waals surface area contributed by atoms with E-state index in [1.165, 1.54) is 6.42 Å². The quantitative estimate of drug-likeness (QED) is 0.795. The maximum atomic E-state index is 12.3.